The van der Waals surface area contributed by atoms with Gasteiger partial charge in [0.25, 0.3) is 5.91 Å². The Kier molecular flexibility index (Phi) is 2.33. The molecule has 1 aromatic heterocycles. The maximum Gasteiger partial charge on any atom is 0.261 e. The Labute approximate surface area is 80.7 Å². The molecule has 1 aromatic rings. The van der Waals surface area contributed by atoms with E-state index in [1.165, 1.54) is 11.3 Å². The Hall–Kier alpha value is -0.870. The van der Waals surface area contributed by atoms with Crippen molar-refractivity contribution in [3.05, 3.63) is 21.9 Å². The number of epoxide rings is 1. The highest BCUT2D eigenvalue weighted by Crippen LogP contribution is 2.15. The third-order valence-corrected chi connectivity index (χ3v) is 2.86. The zero-order chi connectivity index (χ0) is 9.26. The third kappa shape index (κ3) is 2.29. The fourth-order valence-electron chi connectivity index (χ4n) is 1.04. The summed E-state index contributed by atoms with van der Waals surface area (Å²) in [7, 11) is 0. The maximum atomic E-state index is 11.4. The van der Waals surface area contributed by atoms with Crippen LogP contribution in [0, 0.1) is 6.92 Å². The molecule has 70 valence electrons. The predicted octanol–water partition coefficient (Wildman–Crippen LogP) is 1.19. The van der Waals surface area contributed by atoms with Gasteiger partial charge in [-0.3, -0.25) is 4.79 Å². The van der Waals surface area contributed by atoms with Crippen molar-refractivity contribution in [1.29, 1.82) is 0 Å². The SMILES string of the molecule is Cc1ccc(C(=O)NC[C@H]2CO2)s1. The molecule has 0 aromatic carbocycles. The van der Waals surface area contributed by atoms with Gasteiger partial charge in [0.1, 0.15) is 0 Å². The minimum Gasteiger partial charge on any atom is -0.371 e. The van der Waals surface area contributed by atoms with E-state index in [4.69, 9.17) is 4.74 Å². The highest BCUT2D eigenvalue weighted by atomic mass is 32.1. The topological polar surface area (TPSA) is 41.6 Å². The summed E-state index contributed by atoms with van der Waals surface area (Å²) in [5.74, 6) is 0.00796. The lowest BCUT2D eigenvalue weighted by atomic mass is 10.4. The maximum absolute atomic E-state index is 11.4. The lowest BCUT2D eigenvalue weighted by Crippen LogP contribution is -2.26. The van der Waals surface area contributed by atoms with E-state index in [0.29, 0.717) is 6.54 Å². The minimum absolute atomic E-state index is 0.00796. The second-order valence-electron chi connectivity index (χ2n) is 3.08. The van der Waals surface area contributed by atoms with Crippen LogP contribution in [-0.2, 0) is 4.74 Å². The van der Waals surface area contributed by atoms with Crippen molar-refractivity contribution >= 4 is 17.2 Å². The summed E-state index contributed by atoms with van der Waals surface area (Å²) >= 11 is 1.52. The minimum atomic E-state index is 0.00796. The Morgan fingerprint density at radius 1 is 1.77 bits per heavy atom. The van der Waals surface area contributed by atoms with Gasteiger partial charge in [0.15, 0.2) is 0 Å². The number of aryl methyl sites for hydroxylation is 1. The molecule has 1 fully saturated rings. The zero-order valence-corrected chi connectivity index (χ0v) is 8.19. The molecule has 3 nitrogen and oxygen atoms in total. The van der Waals surface area contributed by atoms with Crippen molar-refractivity contribution < 1.29 is 9.53 Å². The molecule has 1 aliphatic heterocycles. The number of amides is 1. The van der Waals surface area contributed by atoms with Crippen LogP contribution in [0.1, 0.15) is 14.5 Å². The monoisotopic (exact) mass is 197 g/mol. The largest absolute Gasteiger partial charge is 0.371 e. The van der Waals surface area contributed by atoms with Gasteiger partial charge in [0.05, 0.1) is 17.6 Å². The first kappa shape index (κ1) is 8.72. The highest BCUT2D eigenvalue weighted by Gasteiger charge is 2.23. The molecule has 0 spiro atoms. The Morgan fingerprint density at radius 3 is 3.08 bits per heavy atom. The third-order valence-electron chi connectivity index (χ3n) is 1.86. The summed E-state index contributed by atoms with van der Waals surface area (Å²) in [4.78, 5) is 13.4. The van der Waals surface area contributed by atoms with Crippen molar-refractivity contribution in [2.45, 2.75) is 13.0 Å². The van der Waals surface area contributed by atoms with Crippen molar-refractivity contribution in [2.24, 2.45) is 0 Å². The standard InChI is InChI=1S/C9H11NO2S/c1-6-2-3-8(13-6)9(11)10-4-7-5-12-7/h2-3,7H,4-5H2,1H3,(H,10,11)/t7-/m0/s1. The van der Waals surface area contributed by atoms with Crippen molar-refractivity contribution in [2.75, 3.05) is 13.2 Å². The predicted molar refractivity (Wildman–Crippen MR) is 51.1 cm³/mol. The first-order valence-electron chi connectivity index (χ1n) is 4.22. The molecule has 0 unspecified atom stereocenters. The quantitative estimate of drug-likeness (QED) is 0.739. The van der Waals surface area contributed by atoms with Crippen LogP contribution < -0.4 is 5.32 Å². The molecule has 0 bridgehead atoms. The highest BCUT2D eigenvalue weighted by molar-refractivity contribution is 7.13. The summed E-state index contributed by atoms with van der Waals surface area (Å²) in [6.07, 6.45) is 0.255. The van der Waals surface area contributed by atoms with Crippen LogP contribution in [0.15, 0.2) is 12.1 Å². The molecule has 1 atom stereocenters. The van der Waals surface area contributed by atoms with E-state index < -0.39 is 0 Å². The normalized spacial score (nSPS) is 19.9. The van der Waals surface area contributed by atoms with Crippen molar-refractivity contribution in [3.8, 4) is 0 Å². The van der Waals surface area contributed by atoms with Gasteiger partial charge in [0, 0.05) is 11.4 Å². The lowest BCUT2D eigenvalue weighted by Gasteiger charge is -1.98. The second-order valence-corrected chi connectivity index (χ2v) is 4.36. The summed E-state index contributed by atoms with van der Waals surface area (Å²) in [5.41, 5.74) is 0. The van der Waals surface area contributed by atoms with Crippen LogP contribution in [0.5, 0.6) is 0 Å². The fraction of sp³-hybridized carbons (Fsp3) is 0.444. The van der Waals surface area contributed by atoms with Gasteiger partial charge in [-0.2, -0.15) is 0 Å². The summed E-state index contributed by atoms with van der Waals surface area (Å²) in [6, 6.07) is 3.80. The molecule has 1 amide bonds. The first-order valence-corrected chi connectivity index (χ1v) is 5.03. The molecule has 1 N–H and O–H groups in total. The number of ether oxygens (including phenoxy) is 1. The van der Waals surface area contributed by atoms with Crippen LogP contribution in [0.2, 0.25) is 0 Å². The van der Waals surface area contributed by atoms with Crippen molar-refractivity contribution in [3.63, 3.8) is 0 Å². The average Bonchev–Trinajstić information content (AvgIpc) is 2.84. The molecular weight excluding hydrogens is 186 g/mol. The van der Waals surface area contributed by atoms with Gasteiger partial charge in [-0.1, -0.05) is 0 Å². The molecule has 1 aliphatic rings. The number of nitrogens with one attached hydrogen (secondary N) is 1. The van der Waals surface area contributed by atoms with Crippen LogP contribution in [0.4, 0.5) is 0 Å². The zero-order valence-electron chi connectivity index (χ0n) is 7.37. The molecular formula is C9H11NO2S. The van der Waals surface area contributed by atoms with E-state index >= 15 is 0 Å². The van der Waals surface area contributed by atoms with Gasteiger partial charge in [-0.05, 0) is 19.1 Å². The molecule has 4 heteroatoms. The van der Waals surface area contributed by atoms with Gasteiger partial charge in [-0.25, -0.2) is 0 Å². The lowest BCUT2D eigenvalue weighted by molar-refractivity contribution is 0.0954. The van der Waals surface area contributed by atoms with Crippen molar-refractivity contribution in [1.82, 2.24) is 5.32 Å². The molecule has 2 rings (SSSR count). The van der Waals surface area contributed by atoms with Gasteiger partial charge < -0.3 is 10.1 Å². The van der Waals surface area contributed by atoms with E-state index in [1.807, 2.05) is 19.1 Å². The average molecular weight is 197 g/mol. The van der Waals surface area contributed by atoms with Gasteiger partial charge in [0.2, 0.25) is 0 Å². The summed E-state index contributed by atoms with van der Waals surface area (Å²) in [6.45, 7) is 3.41. The first-order chi connectivity index (χ1) is 6.25. The molecule has 2 heterocycles. The molecule has 0 aliphatic carbocycles. The molecule has 0 saturated carbocycles. The van der Waals surface area contributed by atoms with E-state index in [1.54, 1.807) is 0 Å². The van der Waals surface area contributed by atoms with Crippen LogP contribution in [0.3, 0.4) is 0 Å². The Balaban J connectivity index is 1.88. The molecule has 0 radical (unpaired) electrons. The van der Waals surface area contributed by atoms with E-state index in [9.17, 15) is 4.79 Å². The number of carbonyl (C=O) groups excluding carboxylic acids is 1. The van der Waals surface area contributed by atoms with E-state index in [2.05, 4.69) is 5.32 Å². The van der Waals surface area contributed by atoms with Gasteiger partial charge in [-0.15, -0.1) is 11.3 Å². The second kappa shape index (κ2) is 3.47. The van der Waals surface area contributed by atoms with Crippen LogP contribution in [0.25, 0.3) is 0 Å². The van der Waals surface area contributed by atoms with Crippen LogP contribution >= 0.6 is 11.3 Å². The number of rotatable bonds is 3. The van der Waals surface area contributed by atoms with Gasteiger partial charge >= 0.3 is 0 Å². The Morgan fingerprint density at radius 2 is 2.54 bits per heavy atom. The summed E-state index contributed by atoms with van der Waals surface area (Å²) < 4.78 is 4.99. The van der Waals surface area contributed by atoms with E-state index in [-0.39, 0.29) is 12.0 Å². The fourth-order valence-corrected chi connectivity index (χ4v) is 1.82. The molecule has 13 heavy (non-hydrogen) atoms. The van der Waals surface area contributed by atoms with E-state index in [0.717, 1.165) is 16.4 Å². The Bertz CT molecular complexity index is 317. The number of thiophene rings is 1. The van der Waals surface area contributed by atoms with Crippen LogP contribution in [-0.4, -0.2) is 25.2 Å². The smallest absolute Gasteiger partial charge is 0.261 e. The molecule has 1 saturated heterocycles. The summed E-state index contributed by atoms with van der Waals surface area (Å²) in [5, 5.41) is 2.82. The number of hydrogen-bond donors (Lipinski definition) is 1. The number of carbonyl (C=O) groups is 1. The number of hydrogen-bond acceptors (Lipinski definition) is 3.